The number of hydrogen-bond donors (Lipinski definition) is 4. The summed E-state index contributed by atoms with van der Waals surface area (Å²) in [6.07, 6.45) is 78.7. The van der Waals surface area contributed by atoms with E-state index in [1.807, 2.05) is 6.08 Å². The Morgan fingerprint density at radius 1 is 0.343 bits per heavy atom. The summed E-state index contributed by atoms with van der Waals surface area (Å²) in [5.41, 5.74) is 0. The molecule has 4 N–H and O–H groups in total. The number of hydrogen-bond acceptors (Lipinski definition) is 4. The SMILES string of the molecule is CCCCCCCCCCCCCCCCCC/C=C\CCCCCCCCCCCCCCCCCCC(O)C(=O)NC(CO)C(O)/C=C/CCCCCCCCCCCCCCCCCCCC. The lowest BCUT2D eigenvalue weighted by molar-refractivity contribution is -0.131. The van der Waals surface area contributed by atoms with Crippen molar-refractivity contribution < 1.29 is 20.1 Å². The molecule has 0 aliphatic rings. The number of amides is 1. The third kappa shape index (κ3) is 54.6. The molecule has 0 bridgehead atoms. The molecule has 0 aromatic heterocycles. The quantitative estimate of drug-likeness (QED) is 0.0361. The molecule has 70 heavy (non-hydrogen) atoms. The van der Waals surface area contributed by atoms with E-state index in [1.165, 1.54) is 308 Å². The fourth-order valence-corrected chi connectivity index (χ4v) is 10.3. The van der Waals surface area contributed by atoms with Crippen LogP contribution in [-0.4, -0.2) is 46.1 Å². The van der Waals surface area contributed by atoms with E-state index in [9.17, 15) is 20.1 Å². The van der Waals surface area contributed by atoms with E-state index in [1.54, 1.807) is 6.08 Å². The second-order valence-corrected chi connectivity index (χ2v) is 22.3. The summed E-state index contributed by atoms with van der Waals surface area (Å²) >= 11 is 0. The Morgan fingerprint density at radius 3 is 0.829 bits per heavy atom. The molecule has 0 saturated heterocycles. The first kappa shape index (κ1) is 68.8. The van der Waals surface area contributed by atoms with E-state index in [-0.39, 0.29) is 6.61 Å². The molecule has 0 aromatic carbocycles. The maximum Gasteiger partial charge on any atom is 0.249 e. The number of carbonyl (C=O) groups is 1. The van der Waals surface area contributed by atoms with Crippen molar-refractivity contribution in [1.29, 1.82) is 0 Å². The van der Waals surface area contributed by atoms with Crippen LogP contribution < -0.4 is 5.32 Å². The van der Waals surface area contributed by atoms with Gasteiger partial charge in [0.1, 0.15) is 6.10 Å². The monoisotopic (exact) mass is 986 g/mol. The van der Waals surface area contributed by atoms with Gasteiger partial charge in [0.25, 0.3) is 0 Å². The predicted molar refractivity (Wildman–Crippen MR) is 310 cm³/mol. The highest BCUT2D eigenvalue weighted by atomic mass is 16.3. The maximum absolute atomic E-state index is 12.6. The number of unbranched alkanes of at least 4 members (excludes halogenated alkanes) is 50. The van der Waals surface area contributed by atoms with Gasteiger partial charge < -0.3 is 20.6 Å². The molecule has 1 amide bonds. The van der Waals surface area contributed by atoms with Crippen molar-refractivity contribution in [2.45, 2.75) is 379 Å². The number of rotatable bonds is 60. The molecule has 0 aliphatic carbocycles. The van der Waals surface area contributed by atoms with E-state index in [0.717, 1.165) is 32.1 Å². The zero-order valence-corrected chi connectivity index (χ0v) is 47.7. The Hall–Kier alpha value is -1.17. The molecule has 0 saturated carbocycles. The summed E-state index contributed by atoms with van der Waals surface area (Å²) in [7, 11) is 0. The Labute approximate surface area is 439 Å². The maximum atomic E-state index is 12.6. The second kappa shape index (κ2) is 60.4. The molecule has 0 radical (unpaired) electrons. The highest BCUT2D eigenvalue weighted by Gasteiger charge is 2.22. The van der Waals surface area contributed by atoms with Crippen molar-refractivity contribution in [3.05, 3.63) is 24.3 Å². The van der Waals surface area contributed by atoms with Crippen LogP contribution in [0.5, 0.6) is 0 Å². The van der Waals surface area contributed by atoms with Crippen LogP contribution in [0.4, 0.5) is 0 Å². The third-order valence-electron chi connectivity index (χ3n) is 15.3. The van der Waals surface area contributed by atoms with Gasteiger partial charge in [0.2, 0.25) is 5.91 Å². The van der Waals surface area contributed by atoms with Crippen LogP contribution in [0.25, 0.3) is 0 Å². The largest absolute Gasteiger partial charge is 0.394 e. The zero-order chi connectivity index (χ0) is 50.7. The first-order valence-corrected chi connectivity index (χ1v) is 32.2. The standard InChI is InChI=1S/C65H127NO4/c1-3-5-7-9-11-13-15-17-19-21-23-25-26-27-28-29-30-31-32-33-34-35-36-37-38-39-40-42-44-46-48-50-52-54-56-58-60-64(69)65(70)66-62(61-67)63(68)59-57-55-53-51-49-47-45-43-41-24-22-20-18-16-14-12-10-8-6-4-2/h31-32,57,59,62-64,67-69H,3-30,33-56,58,60-61H2,1-2H3,(H,66,70)/b32-31-,59-57+. The number of aliphatic hydroxyl groups excluding tert-OH is 3. The van der Waals surface area contributed by atoms with Crippen molar-refractivity contribution in [2.75, 3.05) is 6.61 Å². The van der Waals surface area contributed by atoms with E-state index in [0.29, 0.717) is 6.42 Å². The predicted octanol–water partition coefficient (Wildman–Crippen LogP) is 20.4. The van der Waals surface area contributed by atoms with Gasteiger partial charge in [0.05, 0.1) is 18.8 Å². The van der Waals surface area contributed by atoms with Crippen LogP contribution in [-0.2, 0) is 4.79 Å². The summed E-state index contributed by atoms with van der Waals surface area (Å²) in [5, 5.41) is 33.5. The summed E-state index contributed by atoms with van der Waals surface area (Å²) in [6.45, 7) is 4.23. The zero-order valence-electron chi connectivity index (χ0n) is 47.7. The molecule has 5 heteroatoms. The van der Waals surface area contributed by atoms with E-state index < -0.39 is 24.2 Å². The summed E-state index contributed by atoms with van der Waals surface area (Å²) < 4.78 is 0. The van der Waals surface area contributed by atoms with Crippen molar-refractivity contribution in [1.82, 2.24) is 5.32 Å². The van der Waals surface area contributed by atoms with Crippen LogP contribution in [0.2, 0.25) is 0 Å². The normalized spacial score (nSPS) is 13.3. The first-order chi connectivity index (χ1) is 34.6. The molecule has 3 atom stereocenters. The molecule has 0 fully saturated rings. The average Bonchev–Trinajstić information content (AvgIpc) is 3.36. The first-order valence-electron chi connectivity index (χ1n) is 32.2. The summed E-state index contributed by atoms with van der Waals surface area (Å²) in [6, 6.07) is -0.797. The Bertz CT molecular complexity index is 1040. The van der Waals surface area contributed by atoms with Gasteiger partial charge in [-0.15, -0.1) is 0 Å². The number of allylic oxidation sites excluding steroid dienone is 3. The lowest BCUT2D eigenvalue weighted by atomic mass is 10.0. The Balaban J connectivity index is 3.48. The summed E-state index contributed by atoms with van der Waals surface area (Å²) in [5.74, 6) is -0.496. The topological polar surface area (TPSA) is 89.8 Å². The molecule has 0 rings (SSSR count). The molecule has 416 valence electrons. The van der Waals surface area contributed by atoms with Gasteiger partial charge in [0.15, 0.2) is 0 Å². The van der Waals surface area contributed by atoms with Crippen LogP contribution in [0, 0.1) is 0 Å². The molecule has 0 heterocycles. The number of nitrogens with one attached hydrogen (secondary N) is 1. The molecule has 0 spiro atoms. The van der Waals surface area contributed by atoms with Gasteiger partial charge in [-0.2, -0.15) is 0 Å². The molecular formula is C65H127NO4. The highest BCUT2D eigenvalue weighted by molar-refractivity contribution is 5.80. The van der Waals surface area contributed by atoms with Gasteiger partial charge in [-0.05, 0) is 44.9 Å². The molecule has 5 nitrogen and oxygen atoms in total. The van der Waals surface area contributed by atoms with Gasteiger partial charge in [0, 0.05) is 0 Å². The smallest absolute Gasteiger partial charge is 0.249 e. The van der Waals surface area contributed by atoms with Crippen LogP contribution in [0.15, 0.2) is 24.3 Å². The van der Waals surface area contributed by atoms with Crippen molar-refractivity contribution in [3.63, 3.8) is 0 Å². The lowest BCUT2D eigenvalue weighted by Crippen LogP contribution is -2.48. The third-order valence-corrected chi connectivity index (χ3v) is 15.3. The van der Waals surface area contributed by atoms with E-state index in [2.05, 4.69) is 31.3 Å². The van der Waals surface area contributed by atoms with Gasteiger partial charge >= 0.3 is 0 Å². The number of aliphatic hydroxyl groups is 3. The minimum atomic E-state index is -1.10. The van der Waals surface area contributed by atoms with E-state index >= 15 is 0 Å². The van der Waals surface area contributed by atoms with Gasteiger partial charge in [-0.1, -0.05) is 340 Å². The molecular weight excluding hydrogens is 859 g/mol. The van der Waals surface area contributed by atoms with E-state index in [4.69, 9.17) is 0 Å². The van der Waals surface area contributed by atoms with Gasteiger partial charge in [-0.3, -0.25) is 4.79 Å². The van der Waals surface area contributed by atoms with Crippen LogP contribution in [0.3, 0.4) is 0 Å². The fourth-order valence-electron chi connectivity index (χ4n) is 10.3. The minimum Gasteiger partial charge on any atom is -0.394 e. The number of carbonyl (C=O) groups excluding carboxylic acids is 1. The fraction of sp³-hybridized carbons (Fsp3) is 0.923. The minimum absolute atomic E-state index is 0.360. The van der Waals surface area contributed by atoms with Crippen molar-refractivity contribution >= 4 is 5.91 Å². The Morgan fingerprint density at radius 2 is 0.571 bits per heavy atom. The average molecular weight is 987 g/mol. The highest BCUT2D eigenvalue weighted by Crippen LogP contribution is 2.18. The molecule has 0 aliphatic heterocycles. The molecule has 0 aromatic rings. The van der Waals surface area contributed by atoms with Crippen LogP contribution >= 0.6 is 0 Å². The summed E-state index contributed by atoms with van der Waals surface area (Å²) in [4.78, 5) is 12.6. The Kier molecular flexibility index (Phi) is 59.4. The van der Waals surface area contributed by atoms with Crippen molar-refractivity contribution in [3.8, 4) is 0 Å². The van der Waals surface area contributed by atoms with Gasteiger partial charge in [-0.25, -0.2) is 0 Å². The van der Waals surface area contributed by atoms with Crippen molar-refractivity contribution in [2.24, 2.45) is 0 Å². The second-order valence-electron chi connectivity index (χ2n) is 22.3. The lowest BCUT2D eigenvalue weighted by Gasteiger charge is -2.21. The van der Waals surface area contributed by atoms with Crippen LogP contribution in [0.1, 0.15) is 361 Å². The molecule has 3 unspecified atom stereocenters.